The predicted octanol–water partition coefficient (Wildman–Crippen LogP) is 2.51. The van der Waals surface area contributed by atoms with Crippen LogP contribution in [-0.2, 0) is 0 Å². The van der Waals surface area contributed by atoms with E-state index in [0.717, 1.165) is 0 Å². The number of hydrogen-bond acceptors (Lipinski definition) is 0. The average molecular weight is 226 g/mol. The molecule has 0 bridgehead atoms. The molecule has 1 heteroatoms. The minimum absolute atomic E-state index is 0.705. The Morgan fingerprint density at radius 1 is 0.941 bits per heavy atom. The first-order chi connectivity index (χ1) is 8.36. The van der Waals surface area contributed by atoms with Gasteiger partial charge in [0.2, 0.25) is 0 Å². The summed E-state index contributed by atoms with van der Waals surface area (Å²) in [6.07, 6.45) is 8.25. The first kappa shape index (κ1) is 10.9. The zero-order valence-corrected chi connectivity index (χ0v) is 10.6. The van der Waals surface area contributed by atoms with Gasteiger partial charge in [-0.1, -0.05) is 49.9 Å². The second kappa shape index (κ2) is 4.56. The Balaban J connectivity index is 2.04. The fourth-order valence-electron chi connectivity index (χ4n) is 3.19. The number of nitrogens with zero attached hydrogens (tertiary/aromatic N) is 1. The van der Waals surface area contributed by atoms with Gasteiger partial charge in [-0.3, -0.25) is 5.32 Å². The quantitative estimate of drug-likeness (QED) is 0.653. The van der Waals surface area contributed by atoms with Crippen molar-refractivity contribution in [3.8, 4) is 0 Å². The molecule has 1 aromatic rings. The van der Waals surface area contributed by atoms with Crippen LogP contribution in [-0.4, -0.2) is 0 Å². The summed E-state index contributed by atoms with van der Waals surface area (Å²) < 4.78 is 0. The molecule has 1 fully saturated rings. The van der Waals surface area contributed by atoms with E-state index in [-0.39, 0.29) is 0 Å². The number of rotatable bonds is 1. The molecule has 0 spiro atoms. The van der Waals surface area contributed by atoms with E-state index < -0.39 is 0 Å². The van der Waals surface area contributed by atoms with Crippen LogP contribution in [0.1, 0.15) is 45.4 Å². The first-order valence-electron chi connectivity index (χ1n) is 6.88. The summed E-state index contributed by atoms with van der Waals surface area (Å²) in [6, 6.07) is 8.71. The van der Waals surface area contributed by atoms with Gasteiger partial charge in [0, 0.05) is 22.1 Å². The van der Waals surface area contributed by atoms with Crippen LogP contribution in [0.4, 0.5) is 0 Å². The summed E-state index contributed by atoms with van der Waals surface area (Å²) in [7, 11) is 0. The molecule has 0 aromatic heterocycles. The molecule has 0 unspecified atom stereocenters. The zero-order valence-electron chi connectivity index (χ0n) is 10.6. The predicted molar refractivity (Wildman–Crippen MR) is 71.5 cm³/mol. The maximum Gasteiger partial charge on any atom is 0.0516 e. The molecule has 2 aliphatic rings. The molecule has 0 N–H and O–H groups in total. The lowest BCUT2D eigenvalue weighted by Gasteiger charge is -2.15. The minimum Gasteiger partial charge on any atom is -0.257 e. The van der Waals surface area contributed by atoms with Gasteiger partial charge in [0.05, 0.1) is 5.70 Å². The average Bonchev–Trinajstić information content (AvgIpc) is 2.57. The third kappa shape index (κ3) is 1.99. The van der Waals surface area contributed by atoms with Crippen LogP contribution in [0.25, 0.3) is 11.4 Å². The van der Waals surface area contributed by atoms with Crippen LogP contribution >= 0.6 is 0 Å². The van der Waals surface area contributed by atoms with Gasteiger partial charge in [0.15, 0.2) is 0 Å². The molecule has 1 aliphatic heterocycles. The van der Waals surface area contributed by atoms with E-state index in [1.54, 1.807) is 0 Å². The zero-order chi connectivity index (χ0) is 11.7. The van der Waals surface area contributed by atoms with Crippen molar-refractivity contribution < 1.29 is 0 Å². The Hall–Kier alpha value is -1.24. The van der Waals surface area contributed by atoms with Gasteiger partial charge < -0.3 is 0 Å². The van der Waals surface area contributed by atoms with Crippen molar-refractivity contribution in [1.29, 1.82) is 0 Å². The van der Waals surface area contributed by atoms with Crippen molar-refractivity contribution in [3.63, 3.8) is 0 Å². The standard InChI is InChI=1S/C16H20N/c1-12-14-10-6-7-11-15(14)16(17-12)13-8-4-2-3-5-9-13/h6-7,10-11,13H,2-5,8-9H2,1H3. The van der Waals surface area contributed by atoms with Crippen LogP contribution in [0.5, 0.6) is 0 Å². The number of fused-ring (bicyclic) bond motifs is 1. The minimum atomic E-state index is 0.705. The lowest BCUT2D eigenvalue weighted by atomic mass is 9.95. The molecule has 0 saturated heterocycles. The molecule has 3 rings (SSSR count). The SMILES string of the molecule is CC1=c2ccccc2=C(C2CCCCCC2)[N]1. The highest BCUT2D eigenvalue weighted by atomic mass is 14.9. The molecule has 1 saturated carbocycles. The smallest absolute Gasteiger partial charge is 0.0516 e. The molecule has 1 heterocycles. The van der Waals surface area contributed by atoms with Gasteiger partial charge in [-0.05, 0) is 19.8 Å². The van der Waals surface area contributed by atoms with E-state index in [1.807, 2.05) is 0 Å². The molecule has 0 amide bonds. The molecule has 1 nitrogen and oxygen atoms in total. The molecule has 17 heavy (non-hydrogen) atoms. The monoisotopic (exact) mass is 226 g/mol. The summed E-state index contributed by atoms with van der Waals surface area (Å²) in [5.74, 6) is 0.705. The summed E-state index contributed by atoms with van der Waals surface area (Å²) in [4.78, 5) is 0. The van der Waals surface area contributed by atoms with Crippen LogP contribution < -0.4 is 15.8 Å². The molecular weight excluding hydrogens is 206 g/mol. The van der Waals surface area contributed by atoms with Gasteiger partial charge in [0.25, 0.3) is 0 Å². The Morgan fingerprint density at radius 3 is 2.29 bits per heavy atom. The van der Waals surface area contributed by atoms with E-state index in [2.05, 4.69) is 31.2 Å². The fraction of sp³-hybridized carbons (Fsp3) is 0.500. The van der Waals surface area contributed by atoms with E-state index in [1.165, 1.54) is 60.4 Å². The molecule has 89 valence electrons. The Bertz CT molecular complexity index is 519. The second-order valence-corrected chi connectivity index (χ2v) is 5.32. The Labute approximate surface area is 103 Å². The third-order valence-electron chi connectivity index (χ3n) is 4.12. The number of hydrogen-bond donors (Lipinski definition) is 0. The van der Waals surface area contributed by atoms with Crippen LogP contribution in [0.3, 0.4) is 0 Å². The van der Waals surface area contributed by atoms with Crippen LogP contribution in [0.15, 0.2) is 24.3 Å². The summed E-state index contributed by atoms with van der Waals surface area (Å²) in [6.45, 7) is 2.14. The van der Waals surface area contributed by atoms with Crippen molar-refractivity contribution in [2.75, 3.05) is 0 Å². The highest BCUT2D eigenvalue weighted by Crippen LogP contribution is 2.29. The highest BCUT2D eigenvalue weighted by molar-refractivity contribution is 5.63. The van der Waals surface area contributed by atoms with E-state index in [4.69, 9.17) is 5.32 Å². The van der Waals surface area contributed by atoms with E-state index >= 15 is 0 Å². The van der Waals surface area contributed by atoms with Crippen molar-refractivity contribution in [1.82, 2.24) is 5.32 Å². The first-order valence-corrected chi connectivity index (χ1v) is 6.88. The maximum atomic E-state index is 4.86. The van der Waals surface area contributed by atoms with E-state index in [0.29, 0.717) is 5.92 Å². The molecular formula is C16H20N. The maximum absolute atomic E-state index is 4.86. The van der Waals surface area contributed by atoms with Crippen LogP contribution in [0, 0.1) is 5.92 Å². The van der Waals surface area contributed by atoms with Crippen LogP contribution in [0.2, 0.25) is 0 Å². The largest absolute Gasteiger partial charge is 0.257 e. The lowest BCUT2D eigenvalue weighted by molar-refractivity contribution is 0.558. The third-order valence-corrected chi connectivity index (χ3v) is 4.12. The molecule has 0 atom stereocenters. The summed E-state index contributed by atoms with van der Waals surface area (Å²) in [5, 5.41) is 7.61. The van der Waals surface area contributed by atoms with Crippen molar-refractivity contribution in [2.24, 2.45) is 5.92 Å². The summed E-state index contributed by atoms with van der Waals surface area (Å²) in [5.41, 5.74) is 2.58. The van der Waals surface area contributed by atoms with Gasteiger partial charge in [-0.25, -0.2) is 0 Å². The van der Waals surface area contributed by atoms with Gasteiger partial charge >= 0.3 is 0 Å². The van der Waals surface area contributed by atoms with Crippen molar-refractivity contribution in [2.45, 2.75) is 45.4 Å². The normalized spacial score (nSPS) is 21.0. The van der Waals surface area contributed by atoms with E-state index in [9.17, 15) is 0 Å². The Morgan fingerprint density at radius 2 is 1.59 bits per heavy atom. The Kier molecular flexibility index (Phi) is 2.92. The second-order valence-electron chi connectivity index (χ2n) is 5.32. The van der Waals surface area contributed by atoms with Gasteiger partial charge in [-0.15, -0.1) is 0 Å². The van der Waals surface area contributed by atoms with Crippen molar-refractivity contribution in [3.05, 3.63) is 34.7 Å². The van der Waals surface area contributed by atoms with Gasteiger partial charge in [-0.2, -0.15) is 0 Å². The fourth-order valence-corrected chi connectivity index (χ4v) is 3.19. The number of benzene rings is 1. The topological polar surface area (TPSA) is 14.1 Å². The lowest BCUT2D eigenvalue weighted by Crippen LogP contribution is -2.25. The highest BCUT2D eigenvalue weighted by Gasteiger charge is 2.21. The van der Waals surface area contributed by atoms with Crippen molar-refractivity contribution >= 4 is 11.4 Å². The molecule has 1 aromatic carbocycles. The molecule has 1 aliphatic carbocycles. The summed E-state index contributed by atoms with van der Waals surface area (Å²) >= 11 is 0. The molecule has 1 radical (unpaired) electrons. The van der Waals surface area contributed by atoms with Gasteiger partial charge in [0.1, 0.15) is 0 Å².